The van der Waals surface area contributed by atoms with E-state index in [9.17, 15) is 14.4 Å². The maximum absolute atomic E-state index is 13.8. The van der Waals surface area contributed by atoms with Gasteiger partial charge in [-0.3, -0.25) is 14.4 Å². The molecule has 1 aliphatic heterocycles. The number of hydrogen-bond acceptors (Lipinski definition) is 7. The van der Waals surface area contributed by atoms with E-state index in [-0.39, 0.29) is 18.2 Å². The summed E-state index contributed by atoms with van der Waals surface area (Å²) in [6.45, 7) is 5.16. The standard InChI is InChI=1S/C30H29NO6/c1-16(32)37-22-13-11-18(14-23(22)35-4)24-25-19-9-7-6-8-17(19)10-12-20(25)31-28-26(24)21(33)15-30(2,3)27(28)29(34)36-5/h6-14,24,27,31H,15H2,1-5H3/t24-,27+/m0/s1. The summed E-state index contributed by atoms with van der Waals surface area (Å²) in [6, 6.07) is 17.3. The van der Waals surface area contributed by atoms with Crippen molar-refractivity contribution in [2.24, 2.45) is 11.3 Å². The minimum atomic E-state index is -0.644. The number of benzene rings is 3. The molecule has 0 amide bonds. The Balaban J connectivity index is 1.82. The van der Waals surface area contributed by atoms with Crippen LogP contribution in [-0.4, -0.2) is 31.9 Å². The van der Waals surface area contributed by atoms with Crippen molar-refractivity contribution in [2.45, 2.75) is 33.1 Å². The Kier molecular flexibility index (Phi) is 6.02. The normalized spacial score (nSPS) is 20.0. The van der Waals surface area contributed by atoms with Crippen molar-refractivity contribution in [1.82, 2.24) is 0 Å². The van der Waals surface area contributed by atoms with Gasteiger partial charge in [-0.2, -0.15) is 0 Å². The van der Waals surface area contributed by atoms with Crippen molar-refractivity contribution >= 4 is 34.2 Å². The topological polar surface area (TPSA) is 90.9 Å². The molecule has 0 radical (unpaired) electrons. The quantitative estimate of drug-likeness (QED) is 0.381. The predicted molar refractivity (Wildman–Crippen MR) is 140 cm³/mol. The molecule has 2 atom stereocenters. The van der Waals surface area contributed by atoms with Crippen LogP contribution in [0.3, 0.4) is 0 Å². The van der Waals surface area contributed by atoms with Crippen molar-refractivity contribution in [2.75, 3.05) is 19.5 Å². The van der Waals surface area contributed by atoms with E-state index in [4.69, 9.17) is 14.2 Å². The first-order chi connectivity index (χ1) is 17.7. The molecule has 7 nitrogen and oxygen atoms in total. The molecule has 0 saturated heterocycles. The van der Waals surface area contributed by atoms with Crippen LogP contribution >= 0.6 is 0 Å². The monoisotopic (exact) mass is 499 g/mol. The first kappa shape index (κ1) is 24.6. The number of carbonyl (C=O) groups is 3. The van der Waals surface area contributed by atoms with Crippen molar-refractivity contribution in [3.8, 4) is 11.5 Å². The molecule has 0 unspecified atom stereocenters. The number of Topliss-reactive ketones (excluding diaryl/α,β-unsaturated/α-hetero) is 1. The lowest BCUT2D eigenvalue weighted by molar-refractivity contribution is -0.148. The third-order valence-corrected chi connectivity index (χ3v) is 7.31. The largest absolute Gasteiger partial charge is 0.493 e. The number of esters is 2. The highest BCUT2D eigenvalue weighted by atomic mass is 16.6. The van der Waals surface area contributed by atoms with Crippen molar-refractivity contribution < 1.29 is 28.6 Å². The fraction of sp³-hybridized carbons (Fsp3) is 0.300. The molecule has 37 heavy (non-hydrogen) atoms. The molecule has 5 rings (SSSR count). The van der Waals surface area contributed by atoms with Gasteiger partial charge in [0.1, 0.15) is 5.92 Å². The Morgan fingerprint density at radius 2 is 1.76 bits per heavy atom. The smallest absolute Gasteiger partial charge is 0.315 e. The average molecular weight is 500 g/mol. The van der Waals surface area contributed by atoms with E-state index in [0.717, 1.165) is 27.6 Å². The zero-order chi connectivity index (χ0) is 26.5. The van der Waals surface area contributed by atoms with Crippen LogP contribution in [0.25, 0.3) is 10.8 Å². The first-order valence-electron chi connectivity index (χ1n) is 12.2. The second kappa shape index (κ2) is 9.07. The highest BCUT2D eigenvalue weighted by Crippen LogP contribution is 2.53. The predicted octanol–water partition coefficient (Wildman–Crippen LogP) is 5.37. The number of nitrogens with one attached hydrogen (secondary N) is 1. The Hall–Kier alpha value is -4.13. The Morgan fingerprint density at radius 3 is 2.46 bits per heavy atom. The number of carbonyl (C=O) groups excluding carboxylic acids is 3. The third kappa shape index (κ3) is 4.04. The fourth-order valence-corrected chi connectivity index (χ4v) is 5.76. The molecule has 0 spiro atoms. The number of rotatable bonds is 4. The molecule has 0 fully saturated rings. The summed E-state index contributed by atoms with van der Waals surface area (Å²) in [5.41, 5.74) is 3.03. The number of methoxy groups -OCH3 is 2. The van der Waals surface area contributed by atoms with Gasteiger partial charge in [-0.1, -0.05) is 50.2 Å². The fourth-order valence-electron chi connectivity index (χ4n) is 5.76. The molecule has 0 aromatic heterocycles. The minimum absolute atomic E-state index is 0.0285. The molecule has 3 aromatic carbocycles. The summed E-state index contributed by atoms with van der Waals surface area (Å²) in [7, 11) is 2.87. The van der Waals surface area contributed by atoms with E-state index >= 15 is 0 Å². The summed E-state index contributed by atoms with van der Waals surface area (Å²) < 4.78 is 16.1. The molecular weight excluding hydrogens is 470 g/mol. The van der Waals surface area contributed by atoms with Crippen LogP contribution in [0.2, 0.25) is 0 Å². The zero-order valence-electron chi connectivity index (χ0n) is 21.5. The van der Waals surface area contributed by atoms with Gasteiger partial charge in [-0.15, -0.1) is 0 Å². The number of anilines is 1. The van der Waals surface area contributed by atoms with Gasteiger partial charge in [0, 0.05) is 36.2 Å². The Bertz CT molecular complexity index is 1480. The second-order valence-electron chi connectivity index (χ2n) is 10.2. The Morgan fingerprint density at radius 1 is 1.00 bits per heavy atom. The van der Waals surface area contributed by atoms with Gasteiger partial charge in [0.2, 0.25) is 0 Å². The van der Waals surface area contributed by atoms with Gasteiger partial charge in [-0.25, -0.2) is 0 Å². The molecule has 1 heterocycles. The third-order valence-electron chi connectivity index (χ3n) is 7.31. The van der Waals surface area contributed by atoms with Gasteiger partial charge in [0.15, 0.2) is 17.3 Å². The SMILES string of the molecule is COC(=O)[C@H]1C2=C(C(=O)CC1(C)C)[C@@H](c1ccc(OC(C)=O)c(OC)c1)c1c(ccc3ccccc13)N2. The van der Waals surface area contributed by atoms with E-state index in [2.05, 4.69) is 5.32 Å². The molecule has 2 aliphatic rings. The molecule has 0 saturated carbocycles. The van der Waals surface area contributed by atoms with Gasteiger partial charge in [-0.05, 0) is 45.5 Å². The van der Waals surface area contributed by atoms with Crippen LogP contribution < -0.4 is 14.8 Å². The molecule has 1 aliphatic carbocycles. The lowest BCUT2D eigenvalue weighted by Crippen LogP contribution is -2.44. The minimum Gasteiger partial charge on any atom is -0.493 e. The summed E-state index contributed by atoms with van der Waals surface area (Å²) in [4.78, 5) is 38.5. The van der Waals surface area contributed by atoms with E-state index in [1.165, 1.54) is 21.1 Å². The van der Waals surface area contributed by atoms with Crippen LogP contribution in [0.1, 0.15) is 44.2 Å². The van der Waals surface area contributed by atoms with Crippen LogP contribution in [0.4, 0.5) is 5.69 Å². The number of hydrogen-bond donors (Lipinski definition) is 1. The molecule has 1 N–H and O–H groups in total. The van der Waals surface area contributed by atoms with Gasteiger partial charge in [0.25, 0.3) is 0 Å². The van der Waals surface area contributed by atoms with Crippen LogP contribution in [0.5, 0.6) is 11.5 Å². The molecule has 190 valence electrons. The summed E-state index contributed by atoms with van der Waals surface area (Å²) in [5, 5.41) is 5.50. The van der Waals surface area contributed by atoms with Crippen molar-refractivity contribution in [1.29, 1.82) is 0 Å². The number of fused-ring (bicyclic) bond motifs is 3. The summed E-state index contributed by atoms with van der Waals surface area (Å²) in [6.07, 6.45) is 0.201. The molecule has 3 aromatic rings. The van der Waals surface area contributed by atoms with E-state index < -0.39 is 23.2 Å². The van der Waals surface area contributed by atoms with E-state index in [1.807, 2.05) is 56.3 Å². The summed E-state index contributed by atoms with van der Waals surface area (Å²) >= 11 is 0. The van der Waals surface area contributed by atoms with Crippen molar-refractivity contribution in [3.63, 3.8) is 0 Å². The number of ether oxygens (including phenoxy) is 3. The molecular formula is C30H29NO6. The number of allylic oxidation sites excluding steroid dienone is 1. The lowest BCUT2D eigenvalue weighted by Gasteiger charge is -2.44. The average Bonchev–Trinajstić information content (AvgIpc) is 2.86. The van der Waals surface area contributed by atoms with E-state index in [0.29, 0.717) is 22.8 Å². The maximum atomic E-state index is 13.8. The van der Waals surface area contributed by atoms with Gasteiger partial charge in [0.05, 0.1) is 14.2 Å². The van der Waals surface area contributed by atoms with E-state index in [1.54, 1.807) is 12.1 Å². The van der Waals surface area contributed by atoms with Crippen LogP contribution in [0.15, 0.2) is 65.9 Å². The summed E-state index contributed by atoms with van der Waals surface area (Å²) in [5.74, 6) is -1.32. The van der Waals surface area contributed by atoms with Crippen LogP contribution in [-0.2, 0) is 19.1 Å². The Labute approximate surface area is 215 Å². The first-order valence-corrected chi connectivity index (χ1v) is 12.2. The molecule has 7 heteroatoms. The van der Waals surface area contributed by atoms with Gasteiger partial charge >= 0.3 is 11.9 Å². The second-order valence-corrected chi connectivity index (χ2v) is 10.2. The van der Waals surface area contributed by atoms with Crippen molar-refractivity contribution in [3.05, 3.63) is 77.0 Å². The zero-order valence-corrected chi connectivity index (χ0v) is 21.5. The highest BCUT2D eigenvalue weighted by Gasteiger charge is 2.50. The maximum Gasteiger partial charge on any atom is 0.315 e. The highest BCUT2D eigenvalue weighted by molar-refractivity contribution is 6.06. The number of ketones is 1. The van der Waals surface area contributed by atoms with Gasteiger partial charge < -0.3 is 19.5 Å². The lowest BCUT2D eigenvalue weighted by atomic mass is 9.63. The van der Waals surface area contributed by atoms with Crippen LogP contribution in [0, 0.1) is 11.3 Å². The molecule has 0 bridgehead atoms.